The van der Waals surface area contributed by atoms with Crippen molar-refractivity contribution in [1.82, 2.24) is 0 Å². The van der Waals surface area contributed by atoms with E-state index in [1.807, 2.05) is 0 Å². The normalized spacial score (nSPS) is 36.5. The van der Waals surface area contributed by atoms with Crippen LogP contribution in [-0.2, 0) is 9.47 Å². The molecule has 2 saturated heterocycles. The lowest BCUT2D eigenvalue weighted by Gasteiger charge is -2.37. The second-order valence-electron chi connectivity index (χ2n) is 4.49. The van der Waals surface area contributed by atoms with Crippen molar-refractivity contribution < 1.29 is 9.47 Å². The van der Waals surface area contributed by atoms with Crippen LogP contribution in [0.2, 0.25) is 0 Å². The minimum atomic E-state index is 0.139. The maximum atomic E-state index is 6.10. The van der Waals surface area contributed by atoms with Crippen molar-refractivity contribution in [2.24, 2.45) is 5.92 Å². The summed E-state index contributed by atoms with van der Waals surface area (Å²) >= 11 is 0. The summed E-state index contributed by atoms with van der Waals surface area (Å²) in [5.41, 5.74) is 0.139. The molecule has 0 aromatic heterocycles. The summed E-state index contributed by atoms with van der Waals surface area (Å²) in [5, 5.41) is 0. The van der Waals surface area contributed by atoms with E-state index >= 15 is 0 Å². The van der Waals surface area contributed by atoms with Gasteiger partial charge in [0.2, 0.25) is 0 Å². The third kappa shape index (κ3) is 1.62. The van der Waals surface area contributed by atoms with Crippen LogP contribution in [0.15, 0.2) is 0 Å². The zero-order valence-corrected chi connectivity index (χ0v) is 8.71. The molecule has 1 spiro atoms. The minimum Gasteiger partial charge on any atom is -0.375 e. The maximum Gasteiger partial charge on any atom is 0.115 e. The Kier molecular flexibility index (Phi) is 2.61. The molecule has 0 aromatic rings. The molecule has 0 saturated carbocycles. The Morgan fingerprint density at radius 1 is 1.31 bits per heavy atom. The summed E-state index contributed by atoms with van der Waals surface area (Å²) in [6.45, 7) is 6.18. The van der Waals surface area contributed by atoms with Gasteiger partial charge in [0.25, 0.3) is 0 Å². The topological polar surface area (TPSA) is 18.5 Å². The molecule has 2 atom stereocenters. The Balaban J connectivity index is 1.95. The van der Waals surface area contributed by atoms with Crippen molar-refractivity contribution in [2.75, 3.05) is 13.2 Å². The Morgan fingerprint density at radius 3 is 2.54 bits per heavy atom. The van der Waals surface area contributed by atoms with E-state index < -0.39 is 0 Å². The fourth-order valence-corrected chi connectivity index (χ4v) is 2.58. The fraction of sp³-hybridized carbons (Fsp3) is 1.00. The van der Waals surface area contributed by atoms with Gasteiger partial charge in [-0.2, -0.15) is 0 Å². The first-order chi connectivity index (χ1) is 6.29. The predicted octanol–water partition coefficient (Wildman–Crippen LogP) is 2.37. The lowest BCUT2D eigenvalue weighted by molar-refractivity contribution is -0.201. The second-order valence-corrected chi connectivity index (χ2v) is 4.49. The van der Waals surface area contributed by atoms with E-state index in [4.69, 9.17) is 9.47 Å². The van der Waals surface area contributed by atoms with Crippen LogP contribution in [0.3, 0.4) is 0 Å². The van der Waals surface area contributed by atoms with Gasteiger partial charge in [-0.25, -0.2) is 0 Å². The molecule has 76 valence electrons. The van der Waals surface area contributed by atoms with Gasteiger partial charge in [0.1, 0.15) is 5.60 Å². The van der Waals surface area contributed by atoms with Gasteiger partial charge < -0.3 is 9.47 Å². The van der Waals surface area contributed by atoms with Gasteiger partial charge in [-0.05, 0) is 18.8 Å². The molecule has 2 rings (SSSR count). The van der Waals surface area contributed by atoms with Crippen LogP contribution in [0.5, 0.6) is 0 Å². The summed E-state index contributed by atoms with van der Waals surface area (Å²) in [5.74, 6) is 0.781. The predicted molar refractivity (Wildman–Crippen MR) is 51.7 cm³/mol. The molecule has 2 heterocycles. The average Bonchev–Trinajstić information content (AvgIpc) is 2.44. The molecular formula is C11H20O2. The number of hydrogen-bond acceptors (Lipinski definition) is 2. The molecular weight excluding hydrogens is 164 g/mol. The van der Waals surface area contributed by atoms with E-state index in [2.05, 4.69) is 13.8 Å². The smallest absolute Gasteiger partial charge is 0.115 e. The van der Waals surface area contributed by atoms with Gasteiger partial charge in [-0.1, -0.05) is 26.7 Å². The Bertz CT molecular complexity index is 175. The van der Waals surface area contributed by atoms with Crippen LogP contribution in [-0.4, -0.2) is 24.9 Å². The molecule has 0 N–H and O–H groups in total. The molecule has 0 amide bonds. The second kappa shape index (κ2) is 3.58. The summed E-state index contributed by atoms with van der Waals surface area (Å²) in [7, 11) is 0. The Morgan fingerprint density at radius 2 is 2.08 bits per heavy atom. The third-order valence-electron chi connectivity index (χ3n) is 3.39. The van der Waals surface area contributed by atoms with Crippen LogP contribution in [0.4, 0.5) is 0 Å². The molecule has 2 fully saturated rings. The van der Waals surface area contributed by atoms with Crippen molar-refractivity contribution in [3.8, 4) is 0 Å². The van der Waals surface area contributed by atoms with Crippen molar-refractivity contribution >= 4 is 0 Å². The van der Waals surface area contributed by atoms with Crippen molar-refractivity contribution in [3.63, 3.8) is 0 Å². The third-order valence-corrected chi connectivity index (χ3v) is 3.39. The minimum absolute atomic E-state index is 0.139. The summed E-state index contributed by atoms with van der Waals surface area (Å²) in [4.78, 5) is 0. The van der Waals surface area contributed by atoms with Crippen LogP contribution in [0.1, 0.15) is 39.5 Å². The SMILES string of the molecule is CCCC1OC2(COC2)CC1CC. The zero-order valence-electron chi connectivity index (χ0n) is 8.71. The Hall–Kier alpha value is -0.0800. The summed E-state index contributed by atoms with van der Waals surface area (Å²) in [6, 6.07) is 0. The molecule has 2 heteroatoms. The lowest BCUT2D eigenvalue weighted by atomic mass is 9.88. The van der Waals surface area contributed by atoms with Gasteiger partial charge in [0.15, 0.2) is 0 Å². The van der Waals surface area contributed by atoms with E-state index in [0.717, 1.165) is 19.1 Å². The van der Waals surface area contributed by atoms with Crippen molar-refractivity contribution in [2.45, 2.75) is 51.2 Å². The van der Waals surface area contributed by atoms with Crippen LogP contribution in [0.25, 0.3) is 0 Å². The van der Waals surface area contributed by atoms with Gasteiger partial charge >= 0.3 is 0 Å². The van der Waals surface area contributed by atoms with Gasteiger partial charge in [-0.3, -0.25) is 0 Å². The van der Waals surface area contributed by atoms with Gasteiger partial charge in [-0.15, -0.1) is 0 Å². The zero-order chi connectivity index (χ0) is 9.31. The van der Waals surface area contributed by atoms with E-state index in [0.29, 0.717) is 6.10 Å². The van der Waals surface area contributed by atoms with Crippen LogP contribution in [0, 0.1) is 5.92 Å². The van der Waals surface area contributed by atoms with E-state index in [9.17, 15) is 0 Å². The molecule has 2 nitrogen and oxygen atoms in total. The molecule has 0 aromatic carbocycles. The summed E-state index contributed by atoms with van der Waals surface area (Å²) < 4.78 is 11.4. The largest absolute Gasteiger partial charge is 0.375 e. The van der Waals surface area contributed by atoms with Crippen molar-refractivity contribution in [1.29, 1.82) is 0 Å². The van der Waals surface area contributed by atoms with E-state index in [1.165, 1.54) is 25.7 Å². The molecule has 0 radical (unpaired) electrons. The van der Waals surface area contributed by atoms with E-state index in [-0.39, 0.29) is 5.60 Å². The van der Waals surface area contributed by atoms with Gasteiger partial charge in [0, 0.05) is 0 Å². The highest BCUT2D eigenvalue weighted by atomic mass is 16.6. The van der Waals surface area contributed by atoms with E-state index in [1.54, 1.807) is 0 Å². The fourth-order valence-electron chi connectivity index (χ4n) is 2.58. The molecule has 13 heavy (non-hydrogen) atoms. The number of ether oxygens (including phenoxy) is 2. The van der Waals surface area contributed by atoms with Gasteiger partial charge in [0.05, 0.1) is 19.3 Å². The Labute approximate surface area is 80.6 Å². The maximum absolute atomic E-state index is 6.10. The highest BCUT2D eigenvalue weighted by Crippen LogP contribution is 2.42. The molecule has 2 unspecified atom stereocenters. The molecule has 0 aliphatic carbocycles. The lowest BCUT2D eigenvalue weighted by Crippen LogP contribution is -2.49. The first-order valence-corrected chi connectivity index (χ1v) is 5.55. The quantitative estimate of drug-likeness (QED) is 0.670. The standard InChI is InChI=1S/C11H20O2/c1-3-5-10-9(4-2)6-11(13-10)7-12-8-11/h9-10H,3-8H2,1-2H3. The molecule has 0 bridgehead atoms. The highest BCUT2D eigenvalue weighted by Gasteiger charge is 2.50. The van der Waals surface area contributed by atoms with Crippen LogP contribution < -0.4 is 0 Å². The number of hydrogen-bond donors (Lipinski definition) is 0. The number of rotatable bonds is 3. The first kappa shape index (κ1) is 9.47. The molecule has 2 aliphatic rings. The summed E-state index contributed by atoms with van der Waals surface area (Å²) in [6.07, 6.45) is 5.46. The average molecular weight is 184 g/mol. The first-order valence-electron chi connectivity index (χ1n) is 5.55. The monoisotopic (exact) mass is 184 g/mol. The molecule has 2 aliphatic heterocycles. The highest BCUT2D eigenvalue weighted by molar-refractivity contribution is 4.97. The van der Waals surface area contributed by atoms with Crippen molar-refractivity contribution in [3.05, 3.63) is 0 Å². The van der Waals surface area contributed by atoms with Crippen LogP contribution >= 0.6 is 0 Å².